The van der Waals surface area contributed by atoms with Crippen molar-refractivity contribution in [1.29, 1.82) is 0 Å². The lowest BCUT2D eigenvalue weighted by molar-refractivity contribution is -0.174. The lowest BCUT2D eigenvalue weighted by Crippen LogP contribution is -2.63. The summed E-state index contributed by atoms with van der Waals surface area (Å²) >= 11 is 6.30. The van der Waals surface area contributed by atoms with Crippen molar-refractivity contribution in [2.45, 2.75) is 44.6 Å². The predicted molar refractivity (Wildman–Crippen MR) is 159 cm³/mol. The summed E-state index contributed by atoms with van der Waals surface area (Å²) in [6.07, 6.45) is 12.8. The molecule has 1 aromatic carbocycles. The smallest absolute Gasteiger partial charge is 0.339 e. The highest BCUT2D eigenvalue weighted by atomic mass is 35.5. The summed E-state index contributed by atoms with van der Waals surface area (Å²) in [5, 5.41) is 11.3. The Labute approximate surface area is 248 Å². The summed E-state index contributed by atoms with van der Waals surface area (Å²) in [4.78, 5) is 41.6. The molecule has 1 atom stereocenters. The van der Waals surface area contributed by atoms with E-state index in [1.165, 1.54) is 0 Å². The van der Waals surface area contributed by atoms with Gasteiger partial charge in [-0.2, -0.15) is 0 Å². The first-order valence-corrected chi connectivity index (χ1v) is 14.9. The van der Waals surface area contributed by atoms with Crippen LogP contribution >= 0.6 is 11.6 Å². The van der Waals surface area contributed by atoms with E-state index >= 15 is 0 Å². The second-order valence-electron chi connectivity index (χ2n) is 11.8. The zero-order valence-corrected chi connectivity index (χ0v) is 23.9. The van der Waals surface area contributed by atoms with Crippen LogP contribution in [0.15, 0.2) is 61.2 Å². The number of carbonyl (C=O) groups is 2. The van der Waals surface area contributed by atoms with Gasteiger partial charge in [0.1, 0.15) is 22.7 Å². The quantitative estimate of drug-likeness (QED) is 0.239. The Bertz CT molecular complexity index is 1660. The van der Waals surface area contributed by atoms with E-state index in [0.29, 0.717) is 16.7 Å². The number of β-lactam (4-membered cyclic amide) rings is 1. The summed E-state index contributed by atoms with van der Waals surface area (Å²) in [6, 6.07) is 11.0. The zero-order chi connectivity index (χ0) is 28.8. The molecule has 0 bridgehead atoms. The van der Waals surface area contributed by atoms with Gasteiger partial charge in [0, 0.05) is 55.4 Å². The predicted octanol–water partition coefficient (Wildman–Crippen LogP) is 6.46. The minimum atomic E-state index is -1.05. The van der Waals surface area contributed by atoms with Crippen LogP contribution in [0.4, 0.5) is 5.69 Å². The van der Waals surface area contributed by atoms with E-state index in [9.17, 15) is 14.7 Å². The molecule has 2 N–H and O–H groups in total. The highest BCUT2D eigenvalue weighted by Crippen LogP contribution is 2.59. The first-order chi connectivity index (χ1) is 20.4. The fourth-order valence-corrected chi connectivity index (χ4v) is 7.42. The Kier molecular flexibility index (Phi) is 6.77. The van der Waals surface area contributed by atoms with E-state index < -0.39 is 5.97 Å². The molecule has 1 unspecified atom stereocenters. The number of hydrogen-bond donors (Lipinski definition) is 2. The Morgan fingerprint density at radius 3 is 2.67 bits per heavy atom. The third-order valence-electron chi connectivity index (χ3n) is 9.29. The number of pyridine rings is 2. The van der Waals surface area contributed by atoms with Gasteiger partial charge in [0.2, 0.25) is 5.91 Å². The SMILES string of the molecule is O=C(O)c1ccc(N2CCC(CN3C(=O)C4(CCCC4)C3c3cncc(Cl)c3)CC2)cc1Oc1cnc2[nH]ccc2c1. The molecule has 3 aliphatic rings. The van der Waals surface area contributed by atoms with E-state index in [-0.39, 0.29) is 28.7 Å². The molecule has 2 saturated heterocycles. The molecule has 7 rings (SSSR count). The van der Waals surface area contributed by atoms with E-state index in [4.69, 9.17) is 16.3 Å². The number of halogens is 1. The van der Waals surface area contributed by atoms with Crippen molar-refractivity contribution in [3.63, 3.8) is 0 Å². The molecular weight excluding hydrogens is 554 g/mol. The number of fused-ring (bicyclic) bond motifs is 1. The molecule has 3 fully saturated rings. The number of aromatic carboxylic acids is 1. The first-order valence-electron chi connectivity index (χ1n) is 14.6. The number of amides is 1. The Hall–Kier alpha value is -4.11. The number of carbonyl (C=O) groups excluding carboxylic acids is 1. The van der Waals surface area contributed by atoms with Gasteiger partial charge in [0.05, 0.1) is 22.7 Å². The summed E-state index contributed by atoms with van der Waals surface area (Å²) in [6.45, 7) is 2.35. The second-order valence-corrected chi connectivity index (χ2v) is 12.2. The van der Waals surface area contributed by atoms with Gasteiger partial charge < -0.3 is 24.6 Å². The maximum absolute atomic E-state index is 13.5. The molecule has 10 heteroatoms. The molecule has 1 spiro atoms. The van der Waals surface area contributed by atoms with Gasteiger partial charge in [-0.1, -0.05) is 24.4 Å². The van der Waals surface area contributed by atoms with Gasteiger partial charge in [0.25, 0.3) is 0 Å². The highest BCUT2D eigenvalue weighted by molar-refractivity contribution is 6.30. The molecule has 216 valence electrons. The number of aromatic nitrogens is 3. The third kappa shape index (κ3) is 4.65. The number of nitrogens with zero attached hydrogens (tertiary/aromatic N) is 4. The monoisotopic (exact) mass is 585 g/mol. The number of H-pyrrole nitrogens is 1. The third-order valence-corrected chi connectivity index (χ3v) is 9.50. The molecule has 1 aliphatic carbocycles. The number of anilines is 1. The number of carboxylic acids is 1. The van der Waals surface area contributed by atoms with Crippen molar-refractivity contribution in [2.75, 3.05) is 24.5 Å². The fourth-order valence-electron chi connectivity index (χ4n) is 7.23. The number of piperidine rings is 1. The number of rotatable bonds is 7. The van der Waals surface area contributed by atoms with Crippen LogP contribution in [0.1, 0.15) is 60.5 Å². The Morgan fingerprint density at radius 2 is 1.90 bits per heavy atom. The number of ether oxygens (including phenoxy) is 1. The lowest BCUT2D eigenvalue weighted by atomic mass is 9.66. The summed E-state index contributed by atoms with van der Waals surface area (Å²) in [5.74, 6) is 0.376. The van der Waals surface area contributed by atoms with Crippen LogP contribution in [0.25, 0.3) is 11.0 Å². The number of carboxylic acid groups (broad SMARTS) is 1. The molecule has 3 aromatic heterocycles. The highest BCUT2D eigenvalue weighted by Gasteiger charge is 2.61. The maximum atomic E-state index is 13.5. The van der Waals surface area contributed by atoms with Crippen LogP contribution in [-0.4, -0.2) is 56.5 Å². The molecule has 4 aromatic rings. The first kappa shape index (κ1) is 26.8. The summed E-state index contributed by atoms with van der Waals surface area (Å²) in [7, 11) is 0. The van der Waals surface area contributed by atoms with Crippen LogP contribution < -0.4 is 9.64 Å². The van der Waals surface area contributed by atoms with E-state index in [1.54, 1.807) is 30.7 Å². The molecule has 5 heterocycles. The van der Waals surface area contributed by atoms with Gasteiger partial charge in [-0.15, -0.1) is 0 Å². The molecule has 42 heavy (non-hydrogen) atoms. The van der Waals surface area contributed by atoms with Gasteiger partial charge in [0.15, 0.2) is 0 Å². The van der Waals surface area contributed by atoms with E-state index in [0.717, 1.165) is 80.4 Å². The van der Waals surface area contributed by atoms with Gasteiger partial charge >= 0.3 is 5.97 Å². The maximum Gasteiger partial charge on any atom is 0.339 e. The summed E-state index contributed by atoms with van der Waals surface area (Å²) in [5.41, 5.74) is 2.50. The van der Waals surface area contributed by atoms with Gasteiger partial charge in [-0.3, -0.25) is 9.78 Å². The average molecular weight is 586 g/mol. The van der Waals surface area contributed by atoms with Crippen LogP contribution in [0.2, 0.25) is 5.02 Å². The lowest BCUT2D eigenvalue weighted by Gasteiger charge is -2.56. The van der Waals surface area contributed by atoms with Crippen molar-refractivity contribution >= 4 is 40.2 Å². The molecule has 0 radical (unpaired) electrons. The minimum absolute atomic E-state index is 0.0416. The van der Waals surface area contributed by atoms with Crippen molar-refractivity contribution < 1.29 is 19.4 Å². The van der Waals surface area contributed by atoms with Crippen LogP contribution in [0, 0.1) is 11.3 Å². The largest absolute Gasteiger partial charge is 0.478 e. The minimum Gasteiger partial charge on any atom is -0.478 e. The standard InChI is InChI=1S/C32H32ClN5O4/c33-23-13-22(16-34-17-23)28-32(8-1-2-9-32)31(41)38(28)19-20-6-11-37(12-7-20)24-3-4-26(30(39)40)27(15-24)42-25-14-21-5-10-35-29(21)36-18-25/h3-5,10,13-18,20,28H,1-2,6-9,11-12,19H2,(H,35,36)(H,39,40). The number of likely N-dealkylation sites (tertiary alicyclic amines) is 1. The number of hydrogen-bond acceptors (Lipinski definition) is 6. The Morgan fingerprint density at radius 1 is 1.10 bits per heavy atom. The molecule has 2 aliphatic heterocycles. The zero-order valence-electron chi connectivity index (χ0n) is 23.1. The van der Waals surface area contributed by atoms with Crippen LogP contribution in [0.5, 0.6) is 11.5 Å². The topological polar surface area (TPSA) is 112 Å². The number of aromatic amines is 1. The Balaban J connectivity index is 1.05. The number of nitrogens with one attached hydrogen (secondary N) is 1. The van der Waals surface area contributed by atoms with Gasteiger partial charge in [-0.05, 0) is 67.5 Å². The molecule has 1 saturated carbocycles. The fraction of sp³-hybridized carbons (Fsp3) is 0.375. The van der Waals surface area contributed by atoms with E-state index in [2.05, 4.69) is 24.8 Å². The van der Waals surface area contributed by atoms with Crippen molar-refractivity contribution in [2.24, 2.45) is 11.3 Å². The van der Waals surface area contributed by atoms with Crippen molar-refractivity contribution in [3.8, 4) is 11.5 Å². The van der Waals surface area contributed by atoms with Crippen molar-refractivity contribution in [1.82, 2.24) is 19.9 Å². The molecule has 1 amide bonds. The normalized spacial score (nSPS) is 20.3. The molecular formula is C32H32ClN5O4. The van der Waals surface area contributed by atoms with Gasteiger partial charge in [-0.25, -0.2) is 9.78 Å². The van der Waals surface area contributed by atoms with E-state index in [1.807, 2.05) is 30.5 Å². The van der Waals surface area contributed by atoms with Crippen LogP contribution in [-0.2, 0) is 4.79 Å². The summed E-state index contributed by atoms with van der Waals surface area (Å²) < 4.78 is 6.05. The average Bonchev–Trinajstić information content (AvgIpc) is 3.68. The van der Waals surface area contributed by atoms with Crippen molar-refractivity contribution in [3.05, 3.63) is 77.3 Å². The van der Waals surface area contributed by atoms with Crippen LogP contribution in [0.3, 0.4) is 0 Å². The second kappa shape index (κ2) is 10.6. The number of benzene rings is 1. The molecule has 9 nitrogen and oxygen atoms in total.